The van der Waals surface area contributed by atoms with Crippen molar-refractivity contribution in [3.8, 4) is 0 Å². The number of aldehydes is 1. The summed E-state index contributed by atoms with van der Waals surface area (Å²) in [6.45, 7) is 16.1. The molecule has 0 spiro atoms. The molecule has 0 unspecified atom stereocenters. The minimum absolute atomic E-state index is 0.217. The maximum Gasteiger partial charge on any atom is 0.192 e. The van der Waals surface area contributed by atoms with Crippen LogP contribution in [0, 0.1) is 28.6 Å². The van der Waals surface area contributed by atoms with E-state index in [1.54, 1.807) is 0 Å². The zero-order valence-corrected chi connectivity index (χ0v) is 18.9. The van der Waals surface area contributed by atoms with Gasteiger partial charge in [0.15, 0.2) is 8.32 Å². The van der Waals surface area contributed by atoms with Gasteiger partial charge in [-0.3, -0.25) is 0 Å². The van der Waals surface area contributed by atoms with Gasteiger partial charge in [0.1, 0.15) is 6.29 Å². The Morgan fingerprint density at radius 2 is 1.76 bits per heavy atom. The third-order valence-corrected chi connectivity index (χ3v) is 13.2. The van der Waals surface area contributed by atoms with Gasteiger partial charge >= 0.3 is 0 Å². The summed E-state index contributed by atoms with van der Waals surface area (Å²) < 4.78 is 7.02. The van der Waals surface area contributed by atoms with Gasteiger partial charge in [-0.1, -0.05) is 54.9 Å². The van der Waals surface area contributed by atoms with Crippen molar-refractivity contribution in [3.05, 3.63) is 0 Å². The molecule has 0 aromatic rings. The molecule has 0 radical (unpaired) electrons. The Hall–Kier alpha value is -0.153. The van der Waals surface area contributed by atoms with Crippen LogP contribution in [0.2, 0.25) is 18.1 Å². The van der Waals surface area contributed by atoms with Crippen LogP contribution >= 0.6 is 0 Å². The Morgan fingerprint density at radius 1 is 1.16 bits per heavy atom. The summed E-state index contributed by atoms with van der Waals surface area (Å²) in [5.74, 6) is 1.81. The second-order valence-electron chi connectivity index (χ2n) is 9.82. The summed E-state index contributed by atoms with van der Waals surface area (Å²) in [5, 5.41) is 0. The summed E-state index contributed by atoms with van der Waals surface area (Å²) >= 11 is 0. The molecule has 2 aliphatic carbocycles. The number of carbonyl (C=O) groups excluding carboxylic acids is 1. The van der Waals surface area contributed by atoms with E-state index in [0.717, 1.165) is 0 Å². The van der Waals surface area contributed by atoms with Crippen LogP contribution < -0.4 is 0 Å². The lowest BCUT2D eigenvalue weighted by Crippen LogP contribution is -2.49. The molecular formula is C22H42O2Si. The number of carbonyl (C=O) groups is 1. The van der Waals surface area contributed by atoms with Crippen LogP contribution in [0.4, 0.5) is 0 Å². The van der Waals surface area contributed by atoms with E-state index in [9.17, 15) is 4.79 Å². The summed E-state index contributed by atoms with van der Waals surface area (Å²) in [7, 11) is -1.55. The van der Waals surface area contributed by atoms with Gasteiger partial charge in [-0.25, -0.2) is 0 Å². The van der Waals surface area contributed by atoms with Crippen LogP contribution in [0.25, 0.3) is 0 Å². The zero-order chi connectivity index (χ0) is 18.9. The normalized spacial score (nSPS) is 34.6. The van der Waals surface area contributed by atoms with E-state index in [1.165, 1.54) is 56.5 Å². The van der Waals surface area contributed by atoms with Crippen LogP contribution in [-0.4, -0.2) is 20.7 Å². The molecule has 2 fully saturated rings. The summed E-state index contributed by atoms with van der Waals surface area (Å²) in [5.41, 5.74) is 0.142. The van der Waals surface area contributed by atoms with Crippen LogP contribution in [-0.2, 0) is 9.22 Å². The minimum atomic E-state index is -1.55. The number of fused-ring (bicyclic) bond motifs is 1. The first-order valence-corrected chi connectivity index (χ1v) is 13.4. The summed E-state index contributed by atoms with van der Waals surface area (Å²) in [6, 6.07) is 3.74. The Labute approximate surface area is 157 Å². The molecule has 0 saturated heterocycles. The molecule has 25 heavy (non-hydrogen) atoms. The van der Waals surface area contributed by atoms with Gasteiger partial charge in [-0.15, -0.1) is 0 Å². The third kappa shape index (κ3) is 3.78. The monoisotopic (exact) mass is 366 g/mol. The smallest absolute Gasteiger partial charge is 0.192 e. The van der Waals surface area contributed by atoms with Gasteiger partial charge < -0.3 is 9.22 Å². The maximum absolute atomic E-state index is 11.6. The van der Waals surface area contributed by atoms with Crippen molar-refractivity contribution in [2.24, 2.45) is 28.6 Å². The molecule has 3 heteroatoms. The first-order chi connectivity index (χ1) is 11.7. The fourth-order valence-corrected chi connectivity index (χ4v) is 8.99. The molecule has 2 aliphatic rings. The highest BCUT2D eigenvalue weighted by Crippen LogP contribution is 2.60. The fraction of sp³-hybridized carbons (Fsp3) is 0.955. The quantitative estimate of drug-likeness (QED) is 0.364. The Kier molecular flexibility index (Phi) is 6.63. The van der Waals surface area contributed by atoms with Crippen molar-refractivity contribution in [1.82, 2.24) is 0 Å². The Morgan fingerprint density at radius 3 is 2.28 bits per heavy atom. The molecule has 2 nitrogen and oxygen atoms in total. The predicted octanol–water partition coefficient (Wildman–Crippen LogP) is 6.45. The standard InChI is InChI=1S/C22H42O2Si/c1-8-25(9-2,10-3)24-20-12-11-15-22(7)18(13-14-19(20)22)17(4)21(5,6)16-23/h16-20H,8-15H2,1-7H3/t17-,18+,19-,20-,22+/m0/s1. The van der Waals surface area contributed by atoms with E-state index >= 15 is 0 Å². The van der Waals surface area contributed by atoms with Crippen molar-refractivity contribution < 1.29 is 9.22 Å². The molecule has 0 heterocycles. The second-order valence-corrected chi connectivity index (χ2v) is 14.5. The molecule has 0 aromatic heterocycles. The fourth-order valence-electron chi connectivity index (χ4n) is 6.07. The topological polar surface area (TPSA) is 26.3 Å². The number of hydrogen-bond acceptors (Lipinski definition) is 2. The predicted molar refractivity (Wildman–Crippen MR) is 109 cm³/mol. The molecule has 2 rings (SSSR count). The molecule has 0 aromatic carbocycles. The zero-order valence-electron chi connectivity index (χ0n) is 17.9. The SMILES string of the molecule is CC[Si](CC)(CC)O[C@H]1CCC[C@]2(C)[C@@H]([C@H](C)C(C)(C)C=O)CC[C@@H]12. The molecule has 146 valence electrons. The largest absolute Gasteiger partial charge is 0.414 e. The van der Waals surface area contributed by atoms with Crippen LogP contribution in [0.15, 0.2) is 0 Å². The van der Waals surface area contributed by atoms with Crippen molar-refractivity contribution in [2.75, 3.05) is 0 Å². The average molecular weight is 367 g/mol. The van der Waals surface area contributed by atoms with Crippen molar-refractivity contribution in [1.29, 1.82) is 0 Å². The summed E-state index contributed by atoms with van der Waals surface area (Å²) in [4.78, 5) is 11.6. The minimum Gasteiger partial charge on any atom is -0.414 e. The molecule has 0 N–H and O–H groups in total. The second kappa shape index (κ2) is 7.84. The molecule has 2 saturated carbocycles. The highest BCUT2D eigenvalue weighted by Gasteiger charge is 2.55. The highest BCUT2D eigenvalue weighted by atomic mass is 28.4. The van der Waals surface area contributed by atoms with E-state index in [4.69, 9.17) is 4.43 Å². The highest BCUT2D eigenvalue weighted by molar-refractivity contribution is 6.73. The molecule has 5 atom stereocenters. The van der Waals surface area contributed by atoms with Crippen molar-refractivity contribution in [3.63, 3.8) is 0 Å². The van der Waals surface area contributed by atoms with Crippen molar-refractivity contribution in [2.45, 2.75) is 105 Å². The average Bonchev–Trinajstić information content (AvgIpc) is 2.96. The Bertz CT molecular complexity index is 449. The molecule has 0 bridgehead atoms. The van der Waals surface area contributed by atoms with Gasteiger partial charge in [0, 0.05) is 11.5 Å². The van der Waals surface area contributed by atoms with Gasteiger partial charge in [0.25, 0.3) is 0 Å². The van der Waals surface area contributed by atoms with E-state index in [1.807, 2.05) is 0 Å². The number of rotatable bonds is 8. The van der Waals surface area contributed by atoms with Crippen LogP contribution in [0.1, 0.15) is 80.6 Å². The van der Waals surface area contributed by atoms with Crippen LogP contribution in [0.5, 0.6) is 0 Å². The Balaban J connectivity index is 2.22. The van der Waals surface area contributed by atoms with Gasteiger partial charge in [0.05, 0.1) is 0 Å². The molecule has 0 aliphatic heterocycles. The lowest BCUT2D eigenvalue weighted by Gasteiger charge is -2.50. The van der Waals surface area contributed by atoms with Crippen molar-refractivity contribution >= 4 is 14.6 Å². The van der Waals surface area contributed by atoms with Crippen LogP contribution in [0.3, 0.4) is 0 Å². The van der Waals surface area contributed by atoms with Gasteiger partial charge in [0.2, 0.25) is 0 Å². The first kappa shape index (κ1) is 21.2. The van der Waals surface area contributed by atoms with E-state index < -0.39 is 8.32 Å². The maximum atomic E-state index is 11.6. The lowest BCUT2D eigenvalue weighted by molar-refractivity contribution is -0.119. The summed E-state index contributed by atoms with van der Waals surface area (Å²) in [6.07, 6.45) is 8.11. The first-order valence-electron chi connectivity index (χ1n) is 10.8. The molecular weight excluding hydrogens is 324 g/mol. The molecule has 0 amide bonds. The number of hydrogen-bond donors (Lipinski definition) is 0. The lowest BCUT2D eigenvalue weighted by atomic mass is 9.58. The van der Waals surface area contributed by atoms with Gasteiger partial charge in [-0.2, -0.15) is 0 Å². The van der Waals surface area contributed by atoms with E-state index in [0.29, 0.717) is 29.3 Å². The van der Waals surface area contributed by atoms with Gasteiger partial charge in [-0.05, 0) is 67.0 Å². The van der Waals surface area contributed by atoms with E-state index in [2.05, 4.69) is 48.5 Å². The third-order valence-electron chi connectivity index (χ3n) is 8.55. The van der Waals surface area contributed by atoms with E-state index in [-0.39, 0.29) is 5.41 Å².